The SMILES string of the molecule is COCCN1C(=O)CC[C@]2(CNC(=O)c3cc(C)n(C)n3)CCC[C@@H]12. The minimum absolute atomic E-state index is 0.0128. The number of aryl methyl sites for hydroxylation is 2. The fourth-order valence-electron chi connectivity index (χ4n) is 4.35. The first-order valence-electron chi connectivity index (χ1n) is 9.04. The van der Waals surface area contributed by atoms with Gasteiger partial charge in [-0.05, 0) is 32.3 Å². The van der Waals surface area contributed by atoms with Crippen LogP contribution in [-0.2, 0) is 16.6 Å². The smallest absolute Gasteiger partial charge is 0.271 e. The van der Waals surface area contributed by atoms with E-state index in [1.54, 1.807) is 17.9 Å². The predicted molar refractivity (Wildman–Crippen MR) is 93.2 cm³/mol. The second-order valence-electron chi connectivity index (χ2n) is 7.33. The summed E-state index contributed by atoms with van der Waals surface area (Å²) >= 11 is 0. The Hall–Kier alpha value is -1.89. The molecule has 2 aliphatic rings. The molecule has 25 heavy (non-hydrogen) atoms. The molecular formula is C18H28N4O3. The van der Waals surface area contributed by atoms with Crippen molar-refractivity contribution in [2.45, 2.75) is 45.1 Å². The summed E-state index contributed by atoms with van der Waals surface area (Å²) in [5.74, 6) is 0.0790. The van der Waals surface area contributed by atoms with Gasteiger partial charge in [-0.3, -0.25) is 14.3 Å². The summed E-state index contributed by atoms with van der Waals surface area (Å²) in [6, 6.07) is 2.00. The summed E-state index contributed by atoms with van der Waals surface area (Å²) in [7, 11) is 3.49. The van der Waals surface area contributed by atoms with Gasteiger partial charge in [0, 0.05) is 50.8 Å². The number of likely N-dealkylation sites (tertiary alicyclic amines) is 1. The van der Waals surface area contributed by atoms with E-state index in [2.05, 4.69) is 10.4 Å². The third-order valence-electron chi connectivity index (χ3n) is 5.88. The second kappa shape index (κ2) is 7.15. The van der Waals surface area contributed by atoms with Gasteiger partial charge in [0.25, 0.3) is 5.91 Å². The third-order valence-corrected chi connectivity index (χ3v) is 5.88. The van der Waals surface area contributed by atoms with Gasteiger partial charge in [-0.25, -0.2) is 0 Å². The van der Waals surface area contributed by atoms with Crippen LogP contribution in [0.4, 0.5) is 0 Å². The van der Waals surface area contributed by atoms with Crippen LogP contribution in [0.15, 0.2) is 6.07 Å². The Morgan fingerprint density at radius 2 is 2.28 bits per heavy atom. The van der Waals surface area contributed by atoms with Crippen LogP contribution < -0.4 is 5.32 Å². The molecule has 2 heterocycles. The van der Waals surface area contributed by atoms with Gasteiger partial charge in [-0.15, -0.1) is 0 Å². The van der Waals surface area contributed by atoms with Crippen molar-refractivity contribution < 1.29 is 14.3 Å². The van der Waals surface area contributed by atoms with Crippen molar-refractivity contribution in [1.29, 1.82) is 0 Å². The zero-order chi connectivity index (χ0) is 18.0. The van der Waals surface area contributed by atoms with Crippen LogP contribution in [0.3, 0.4) is 0 Å². The molecule has 138 valence electrons. The molecule has 1 aliphatic carbocycles. The van der Waals surface area contributed by atoms with Gasteiger partial charge in [0.05, 0.1) is 6.61 Å². The van der Waals surface area contributed by atoms with E-state index in [1.807, 2.05) is 18.9 Å². The van der Waals surface area contributed by atoms with Gasteiger partial charge < -0.3 is 15.0 Å². The third kappa shape index (κ3) is 3.42. The number of fused-ring (bicyclic) bond motifs is 1. The molecule has 7 nitrogen and oxygen atoms in total. The van der Waals surface area contributed by atoms with E-state index in [1.165, 1.54) is 0 Å². The van der Waals surface area contributed by atoms with Crippen molar-refractivity contribution in [2.75, 3.05) is 26.8 Å². The zero-order valence-corrected chi connectivity index (χ0v) is 15.4. The minimum atomic E-state index is -0.135. The van der Waals surface area contributed by atoms with E-state index in [4.69, 9.17) is 4.74 Å². The molecule has 2 fully saturated rings. The first-order valence-corrected chi connectivity index (χ1v) is 9.04. The molecule has 1 aromatic rings. The Labute approximate surface area is 148 Å². The van der Waals surface area contributed by atoms with Crippen molar-refractivity contribution >= 4 is 11.8 Å². The molecule has 0 aromatic carbocycles. The van der Waals surface area contributed by atoms with Gasteiger partial charge in [0.2, 0.25) is 5.91 Å². The highest BCUT2D eigenvalue weighted by molar-refractivity contribution is 5.92. The number of ether oxygens (including phenoxy) is 1. The number of hydrogen-bond donors (Lipinski definition) is 1. The molecule has 1 saturated heterocycles. The normalized spacial score (nSPS) is 26.0. The van der Waals surface area contributed by atoms with Crippen LogP contribution in [0.2, 0.25) is 0 Å². The topological polar surface area (TPSA) is 76.5 Å². The van der Waals surface area contributed by atoms with Gasteiger partial charge in [-0.1, -0.05) is 6.42 Å². The Morgan fingerprint density at radius 3 is 2.96 bits per heavy atom. The highest BCUT2D eigenvalue weighted by atomic mass is 16.5. The summed E-state index contributed by atoms with van der Waals surface area (Å²) in [6.45, 7) is 3.71. The second-order valence-corrected chi connectivity index (χ2v) is 7.33. The number of amides is 2. The average Bonchev–Trinajstić information content (AvgIpc) is 3.16. The lowest BCUT2D eigenvalue weighted by Gasteiger charge is -2.46. The largest absolute Gasteiger partial charge is 0.383 e. The number of piperidine rings is 1. The highest BCUT2D eigenvalue weighted by Crippen LogP contribution is 2.47. The maximum atomic E-state index is 12.5. The van der Waals surface area contributed by atoms with E-state index >= 15 is 0 Å². The molecule has 1 saturated carbocycles. The molecule has 0 bridgehead atoms. The number of nitrogens with one attached hydrogen (secondary N) is 1. The van der Waals surface area contributed by atoms with Crippen molar-refractivity contribution in [3.63, 3.8) is 0 Å². The summed E-state index contributed by atoms with van der Waals surface area (Å²) in [5.41, 5.74) is 1.39. The lowest BCUT2D eigenvalue weighted by Crippen LogP contribution is -2.56. The first-order chi connectivity index (χ1) is 12.0. The molecular weight excluding hydrogens is 320 g/mol. The fraction of sp³-hybridized carbons (Fsp3) is 0.722. The van der Waals surface area contributed by atoms with E-state index < -0.39 is 0 Å². The number of hydrogen-bond acceptors (Lipinski definition) is 4. The number of methoxy groups -OCH3 is 1. The Bertz CT molecular complexity index is 637. The summed E-state index contributed by atoms with van der Waals surface area (Å²) in [4.78, 5) is 26.8. The van der Waals surface area contributed by atoms with Gasteiger partial charge in [0.1, 0.15) is 5.69 Å². The molecule has 1 aliphatic heterocycles. The Balaban J connectivity index is 1.69. The number of nitrogens with zero attached hydrogens (tertiary/aromatic N) is 3. The molecule has 1 aromatic heterocycles. The van der Waals surface area contributed by atoms with E-state index in [9.17, 15) is 9.59 Å². The highest BCUT2D eigenvalue weighted by Gasteiger charge is 2.50. The lowest BCUT2D eigenvalue weighted by molar-refractivity contribution is -0.142. The summed E-state index contributed by atoms with van der Waals surface area (Å²) < 4.78 is 6.88. The van der Waals surface area contributed by atoms with Crippen molar-refractivity contribution in [2.24, 2.45) is 12.5 Å². The van der Waals surface area contributed by atoms with Crippen molar-refractivity contribution in [3.8, 4) is 0 Å². The maximum Gasteiger partial charge on any atom is 0.271 e. The average molecular weight is 348 g/mol. The van der Waals surface area contributed by atoms with E-state index in [0.717, 1.165) is 31.4 Å². The fourth-order valence-corrected chi connectivity index (χ4v) is 4.35. The molecule has 1 N–H and O–H groups in total. The summed E-state index contributed by atoms with van der Waals surface area (Å²) in [6.07, 6.45) is 4.56. The number of rotatable bonds is 6. The first kappa shape index (κ1) is 17.9. The standard InChI is InChI=1S/C18H28N4O3/c1-13-11-14(20-21(13)2)17(24)19-12-18-7-4-5-15(18)22(9-10-25-3)16(23)6-8-18/h11,15H,4-10,12H2,1-3H3,(H,19,24)/t15-,18+/m1/s1. The summed E-state index contributed by atoms with van der Waals surface area (Å²) in [5, 5.41) is 7.33. The quantitative estimate of drug-likeness (QED) is 0.840. The lowest BCUT2D eigenvalue weighted by atomic mass is 9.74. The predicted octanol–water partition coefficient (Wildman–Crippen LogP) is 1.27. The number of aromatic nitrogens is 2. The Morgan fingerprint density at radius 1 is 1.48 bits per heavy atom. The molecule has 2 atom stereocenters. The van der Waals surface area contributed by atoms with Crippen molar-refractivity contribution in [3.05, 3.63) is 17.5 Å². The van der Waals surface area contributed by atoms with Gasteiger partial charge in [-0.2, -0.15) is 5.10 Å². The van der Waals surface area contributed by atoms with Crippen LogP contribution in [0.1, 0.15) is 48.3 Å². The molecule has 3 rings (SSSR count). The van der Waals surface area contributed by atoms with Gasteiger partial charge in [0.15, 0.2) is 0 Å². The molecule has 2 amide bonds. The molecule has 7 heteroatoms. The Kier molecular flexibility index (Phi) is 5.13. The maximum absolute atomic E-state index is 12.5. The molecule has 0 unspecified atom stereocenters. The van der Waals surface area contributed by atoms with E-state index in [0.29, 0.717) is 31.8 Å². The van der Waals surface area contributed by atoms with Crippen molar-refractivity contribution in [1.82, 2.24) is 20.0 Å². The van der Waals surface area contributed by atoms with Crippen LogP contribution in [0.25, 0.3) is 0 Å². The number of carbonyl (C=O) groups excluding carboxylic acids is 2. The van der Waals surface area contributed by atoms with Crippen LogP contribution in [0.5, 0.6) is 0 Å². The molecule has 0 spiro atoms. The van der Waals surface area contributed by atoms with Crippen LogP contribution in [-0.4, -0.2) is 59.3 Å². The molecule has 0 radical (unpaired) electrons. The number of carbonyl (C=O) groups is 2. The minimum Gasteiger partial charge on any atom is -0.383 e. The van der Waals surface area contributed by atoms with Gasteiger partial charge >= 0.3 is 0 Å². The van der Waals surface area contributed by atoms with Crippen LogP contribution in [0, 0.1) is 12.3 Å². The van der Waals surface area contributed by atoms with Crippen LogP contribution >= 0.6 is 0 Å². The monoisotopic (exact) mass is 348 g/mol. The zero-order valence-electron chi connectivity index (χ0n) is 15.4. The van der Waals surface area contributed by atoms with E-state index in [-0.39, 0.29) is 23.3 Å².